The molecule has 1 saturated carbocycles. The molecule has 1 amide bonds. The minimum atomic E-state index is -2.98. The van der Waals surface area contributed by atoms with Crippen molar-refractivity contribution in [2.75, 3.05) is 25.1 Å². The summed E-state index contributed by atoms with van der Waals surface area (Å²) in [7, 11) is -1.14. The summed E-state index contributed by atoms with van der Waals surface area (Å²) in [5.41, 5.74) is 0. The SMILES string of the molecule is CCNC1CCC(N(C)C(=O)C2CCS(=O)(=O)C2)CC1. The van der Waals surface area contributed by atoms with Crippen molar-refractivity contribution in [1.29, 1.82) is 0 Å². The van der Waals surface area contributed by atoms with Crippen LogP contribution in [0.3, 0.4) is 0 Å². The first-order chi connectivity index (χ1) is 9.43. The van der Waals surface area contributed by atoms with Crippen molar-refractivity contribution in [1.82, 2.24) is 10.2 Å². The van der Waals surface area contributed by atoms with Crippen LogP contribution in [0.25, 0.3) is 0 Å². The van der Waals surface area contributed by atoms with Crippen molar-refractivity contribution < 1.29 is 13.2 Å². The quantitative estimate of drug-likeness (QED) is 0.834. The van der Waals surface area contributed by atoms with Crippen LogP contribution in [0.4, 0.5) is 0 Å². The monoisotopic (exact) mass is 302 g/mol. The lowest BCUT2D eigenvalue weighted by Crippen LogP contribution is -2.45. The van der Waals surface area contributed by atoms with E-state index in [1.54, 1.807) is 0 Å². The van der Waals surface area contributed by atoms with Gasteiger partial charge in [0, 0.05) is 19.1 Å². The average molecular weight is 302 g/mol. The van der Waals surface area contributed by atoms with Gasteiger partial charge in [-0.15, -0.1) is 0 Å². The summed E-state index contributed by atoms with van der Waals surface area (Å²) < 4.78 is 23.0. The van der Waals surface area contributed by atoms with Gasteiger partial charge >= 0.3 is 0 Å². The third-order valence-electron chi connectivity index (χ3n) is 4.67. The zero-order valence-electron chi connectivity index (χ0n) is 12.5. The second-order valence-corrected chi connectivity index (χ2v) is 8.34. The molecular formula is C14H26N2O3S. The van der Waals surface area contributed by atoms with E-state index < -0.39 is 9.84 Å². The Balaban J connectivity index is 1.86. The molecule has 0 aromatic rings. The normalized spacial score (nSPS) is 33.0. The molecule has 0 aromatic heterocycles. The molecule has 1 unspecified atom stereocenters. The van der Waals surface area contributed by atoms with Gasteiger partial charge in [-0.25, -0.2) is 8.42 Å². The second-order valence-electron chi connectivity index (χ2n) is 6.11. The van der Waals surface area contributed by atoms with E-state index in [2.05, 4.69) is 12.2 Å². The van der Waals surface area contributed by atoms with Gasteiger partial charge in [0.25, 0.3) is 0 Å². The molecule has 0 radical (unpaired) electrons. The molecule has 1 N–H and O–H groups in total. The molecule has 20 heavy (non-hydrogen) atoms. The number of sulfone groups is 1. The van der Waals surface area contributed by atoms with Crippen LogP contribution < -0.4 is 5.32 Å². The molecule has 0 aromatic carbocycles. The van der Waals surface area contributed by atoms with Gasteiger partial charge < -0.3 is 10.2 Å². The highest BCUT2D eigenvalue weighted by molar-refractivity contribution is 7.91. The molecule has 116 valence electrons. The molecule has 1 atom stereocenters. The molecule has 0 bridgehead atoms. The van der Waals surface area contributed by atoms with Gasteiger partial charge in [0.15, 0.2) is 9.84 Å². The fraction of sp³-hybridized carbons (Fsp3) is 0.929. The van der Waals surface area contributed by atoms with Gasteiger partial charge in [0.1, 0.15) is 0 Å². The number of hydrogen-bond donors (Lipinski definition) is 1. The lowest BCUT2D eigenvalue weighted by atomic mass is 9.89. The van der Waals surface area contributed by atoms with Gasteiger partial charge in [-0.2, -0.15) is 0 Å². The smallest absolute Gasteiger partial charge is 0.226 e. The average Bonchev–Trinajstić information content (AvgIpc) is 2.79. The van der Waals surface area contributed by atoms with E-state index in [1.165, 1.54) is 0 Å². The van der Waals surface area contributed by atoms with Crippen LogP contribution in [0.5, 0.6) is 0 Å². The van der Waals surface area contributed by atoms with E-state index in [0.29, 0.717) is 12.5 Å². The van der Waals surface area contributed by atoms with E-state index in [0.717, 1.165) is 32.2 Å². The fourth-order valence-corrected chi connectivity index (χ4v) is 5.15. The highest BCUT2D eigenvalue weighted by atomic mass is 32.2. The maximum atomic E-state index is 12.4. The number of amides is 1. The predicted molar refractivity (Wildman–Crippen MR) is 79.3 cm³/mol. The molecule has 1 saturated heterocycles. The summed E-state index contributed by atoms with van der Waals surface area (Å²) >= 11 is 0. The Bertz CT molecular complexity index is 441. The first kappa shape index (κ1) is 15.8. The van der Waals surface area contributed by atoms with Crippen LogP contribution in [0.2, 0.25) is 0 Å². The third kappa shape index (κ3) is 3.73. The molecule has 0 spiro atoms. The van der Waals surface area contributed by atoms with Crippen molar-refractivity contribution >= 4 is 15.7 Å². The number of carbonyl (C=O) groups excluding carboxylic acids is 1. The topological polar surface area (TPSA) is 66.5 Å². The molecular weight excluding hydrogens is 276 g/mol. The minimum Gasteiger partial charge on any atom is -0.343 e. The third-order valence-corrected chi connectivity index (χ3v) is 6.43. The summed E-state index contributed by atoms with van der Waals surface area (Å²) in [5, 5.41) is 3.46. The molecule has 6 heteroatoms. The van der Waals surface area contributed by atoms with Crippen LogP contribution in [-0.2, 0) is 14.6 Å². The van der Waals surface area contributed by atoms with Crippen LogP contribution in [0, 0.1) is 5.92 Å². The fourth-order valence-electron chi connectivity index (χ4n) is 3.41. The minimum absolute atomic E-state index is 0.0259. The lowest BCUT2D eigenvalue weighted by molar-refractivity contribution is -0.136. The van der Waals surface area contributed by atoms with Crippen LogP contribution in [0.15, 0.2) is 0 Å². The molecule has 2 aliphatic rings. The molecule has 1 heterocycles. The number of rotatable bonds is 4. The Morgan fingerprint density at radius 1 is 1.20 bits per heavy atom. The van der Waals surface area contributed by atoms with E-state index in [1.807, 2.05) is 11.9 Å². The molecule has 1 aliphatic heterocycles. The van der Waals surface area contributed by atoms with Crippen LogP contribution in [-0.4, -0.2) is 56.4 Å². The summed E-state index contributed by atoms with van der Waals surface area (Å²) in [6.45, 7) is 3.10. The van der Waals surface area contributed by atoms with Crippen LogP contribution >= 0.6 is 0 Å². The number of hydrogen-bond acceptors (Lipinski definition) is 4. The van der Waals surface area contributed by atoms with Gasteiger partial charge in [-0.05, 0) is 38.6 Å². The van der Waals surface area contributed by atoms with E-state index >= 15 is 0 Å². The Kier molecular flexibility index (Phi) is 5.07. The molecule has 5 nitrogen and oxygen atoms in total. The lowest BCUT2D eigenvalue weighted by Gasteiger charge is -2.36. The summed E-state index contributed by atoms with van der Waals surface area (Å²) in [6.07, 6.45) is 4.72. The Hall–Kier alpha value is -0.620. The van der Waals surface area contributed by atoms with Gasteiger partial charge in [0.2, 0.25) is 5.91 Å². The standard InChI is InChI=1S/C14H26N2O3S/c1-3-15-12-4-6-13(7-5-12)16(2)14(17)11-8-9-20(18,19)10-11/h11-13,15H,3-10H2,1-2H3. The molecule has 2 rings (SSSR count). The van der Waals surface area contributed by atoms with Gasteiger partial charge in [-0.3, -0.25) is 4.79 Å². The Morgan fingerprint density at radius 2 is 1.85 bits per heavy atom. The van der Waals surface area contributed by atoms with Crippen molar-refractivity contribution in [2.45, 2.75) is 51.1 Å². The van der Waals surface area contributed by atoms with E-state index in [4.69, 9.17) is 0 Å². The van der Waals surface area contributed by atoms with Crippen molar-refractivity contribution in [3.63, 3.8) is 0 Å². The van der Waals surface area contributed by atoms with E-state index in [9.17, 15) is 13.2 Å². The highest BCUT2D eigenvalue weighted by Crippen LogP contribution is 2.26. The maximum Gasteiger partial charge on any atom is 0.226 e. The Labute approximate surface area is 122 Å². The van der Waals surface area contributed by atoms with Crippen molar-refractivity contribution in [3.8, 4) is 0 Å². The summed E-state index contributed by atoms with van der Waals surface area (Å²) in [5.74, 6) is -0.0673. The van der Waals surface area contributed by atoms with Crippen molar-refractivity contribution in [2.24, 2.45) is 5.92 Å². The first-order valence-electron chi connectivity index (χ1n) is 7.63. The van der Waals surface area contributed by atoms with Crippen LogP contribution in [0.1, 0.15) is 39.0 Å². The Morgan fingerprint density at radius 3 is 2.35 bits per heavy atom. The van der Waals surface area contributed by atoms with Gasteiger partial charge in [0.05, 0.1) is 17.4 Å². The summed E-state index contributed by atoms with van der Waals surface area (Å²) in [4.78, 5) is 14.2. The first-order valence-corrected chi connectivity index (χ1v) is 9.45. The number of carbonyl (C=O) groups is 1. The zero-order chi connectivity index (χ0) is 14.8. The number of nitrogens with zero attached hydrogens (tertiary/aromatic N) is 1. The largest absolute Gasteiger partial charge is 0.343 e. The maximum absolute atomic E-state index is 12.4. The van der Waals surface area contributed by atoms with Gasteiger partial charge in [-0.1, -0.05) is 6.92 Å². The number of nitrogens with one attached hydrogen (secondary N) is 1. The van der Waals surface area contributed by atoms with E-state index in [-0.39, 0.29) is 29.4 Å². The second kappa shape index (κ2) is 6.43. The highest BCUT2D eigenvalue weighted by Gasteiger charge is 2.36. The zero-order valence-corrected chi connectivity index (χ0v) is 13.3. The molecule has 1 aliphatic carbocycles. The molecule has 2 fully saturated rings. The summed E-state index contributed by atoms with van der Waals surface area (Å²) in [6, 6.07) is 0.854. The predicted octanol–water partition coefficient (Wildman–Crippen LogP) is 0.800. The van der Waals surface area contributed by atoms with Crippen molar-refractivity contribution in [3.05, 3.63) is 0 Å².